The monoisotopic (exact) mass is 301 g/mol. The van der Waals surface area contributed by atoms with Crippen LogP contribution in [0.5, 0.6) is 0 Å². The summed E-state index contributed by atoms with van der Waals surface area (Å²) in [5.41, 5.74) is 0. The Kier molecular flexibility index (Phi) is 4.21. The molecule has 1 aromatic heterocycles. The Morgan fingerprint density at radius 2 is 2.30 bits per heavy atom. The molecule has 20 heavy (non-hydrogen) atoms. The van der Waals surface area contributed by atoms with Crippen LogP contribution in [-0.2, 0) is 24.3 Å². The first-order valence-corrected chi connectivity index (χ1v) is 7.39. The lowest BCUT2D eigenvalue weighted by atomic mass is 10.2. The molecule has 1 aromatic rings. The number of carbonyl (C=O) groups is 1. The van der Waals surface area contributed by atoms with Crippen LogP contribution >= 0.6 is 0 Å². The number of carbonyl (C=O) groups excluding carboxylic acids is 1. The van der Waals surface area contributed by atoms with Gasteiger partial charge in [-0.1, -0.05) is 0 Å². The molecule has 1 fully saturated rings. The predicted octanol–water partition coefficient (Wildman–Crippen LogP) is -0.893. The Hall–Kier alpha value is -1.71. The second kappa shape index (κ2) is 5.73. The predicted molar refractivity (Wildman–Crippen MR) is 69.6 cm³/mol. The maximum atomic E-state index is 11.4. The van der Waals surface area contributed by atoms with Crippen molar-refractivity contribution in [3.63, 3.8) is 0 Å². The minimum absolute atomic E-state index is 0.0565. The zero-order valence-electron chi connectivity index (χ0n) is 10.9. The van der Waals surface area contributed by atoms with Gasteiger partial charge in [-0.05, 0) is 12.1 Å². The van der Waals surface area contributed by atoms with Crippen molar-refractivity contribution < 1.29 is 22.7 Å². The van der Waals surface area contributed by atoms with Gasteiger partial charge in [0.1, 0.15) is 10.7 Å². The summed E-state index contributed by atoms with van der Waals surface area (Å²) in [6.07, 6.45) is 0.515. The van der Waals surface area contributed by atoms with Crippen molar-refractivity contribution in [3.05, 3.63) is 18.3 Å². The molecular weight excluding hydrogens is 286 g/mol. The summed E-state index contributed by atoms with van der Waals surface area (Å²) in [7, 11) is -2.46. The standard InChI is InChI=1S/C11H15N3O5S/c1-18-11(15)9-7-14(4-5-19-9)10-3-2-8(6-13-10)20(12,16)17/h2-3,6,9H,4-5,7H2,1H3,(H2,12,16,17). The van der Waals surface area contributed by atoms with E-state index in [1.54, 1.807) is 6.07 Å². The number of morpholine rings is 1. The van der Waals surface area contributed by atoms with Crippen molar-refractivity contribution in [2.45, 2.75) is 11.0 Å². The highest BCUT2D eigenvalue weighted by Crippen LogP contribution is 2.17. The van der Waals surface area contributed by atoms with Crippen LogP contribution in [-0.4, -0.2) is 52.3 Å². The molecule has 1 aliphatic heterocycles. The van der Waals surface area contributed by atoms with E-state index in [4.69, 9.17) is 9.88 Å². The molecule has 8 nitrogen and oxygen atoms in total. The average molecular weight is 301 g/mol. The van der Waals surface area contributed by atoms with Crippen LogP contribution in [0.3, 0.4) is 0 Å². The largest absolute Gasteiger partial charge is 0.467 e. The molecule has 1 saturated heterocycles. The smallest absolute Gasteiger partial charge is 0.336 e. The molecule has 2 N–H and O–H groups in total. The number of esters is 1. The van der Waals surface area contributed by atoms with Gasteiger partial charge in [0.05, 0.1) is 20.3 Å². The highest BCUT2D eigenvalue weighted by Gasteiger charge is 2.28. The summed E-state index contributed by atoms with van der Waals surface area (Å²) >= 11 is 0. The number of hydrogen-bond acceptors (Lipinski definition) is 7. The SMILES string of the molecule is COC(=O)C1CN(c2ccc(S(N)(=O)=O)cn2)CCO1. The third kappa shape index (κ3) is 3.24. The van der Waals surface area contributed by atoms with E-state index >= 15 is 0 Å². The normalized spacial score (nSPS) is 19.7. The Morgan fingerprint density at radius 1 is 1.55 bits per heavy atom. The average Bonchev–Trinajstić information content (AvgIpc) is 2.46. The number of primary sulfonamides is 1. The van der Waals surface area contributed by atoms with E-state index in [0.29, 0.717) is 25.5 Å². The van der Waals surface area contributed by atoms with Crippen molar-refractivity contribution in [2.75, 3.05) is 31.7 Å². The minimum atomic E-state index is -3.76. The number of rotatable bonds is 3. The zero-order chi connectivity index (χ0) is 14.8. The van der Waals surface area contributed by atoms with Crippen molar-refractivity contribution >= 4 is 21.8 Å². The molecule has 0 spiro atoms. The van der Waals surface area contributed by atoms with E-state index in [0.717, 1.165) is 0 Å². The molecule has 0 aliphatic carbocycles. The van der Waals surface area contributed by atoms with Gasteiger partial charge in [0.15, 0.2) is 6.10 Å². The first-order valence-electron chi connectivity index (χ1n) is 5.85. The molecule has 0 aromatic carbocycles. The molecule has 0 saturated carbocycles. The summed E-state index contributed by atoms with van der Waals surface area (Å²) < 4.78 is 32.2. The van der Waals surface area contributed by atoms with Gasteiger partial charge in [0.2, 0.25) is 10.0 Å². The Balaban J connectivity index is 2.13. The summed E-state index contributed by atoms with van der Waals surface area (Å²) in [4.78, 5) is 17.2. The maximum Gasteiger partial charge on any atom is 0.336 e. The van der Waals surface area contributed by atoms with Crippen LogP contribution in [0, 0.1) is 0 Å². The van der Waals surface area contributed by atoms with E-state index in [1.807, 2.05) is 4.90 Å². The topological polar surface area (TPSA) is 112 Å². The molecule has 1 atom stereocenters. The molecule has 0 radical (unpaired) electrons. The Bertz CT molecular complexity index is 587. The fraction of sp³-hybridized carbons (Fsp3) is 0.455. The van der Waals surface area contributed by atoms with Crippen molar-refractivity contribution in [3.8, 4) is 0 Å². The van der Waals surface area contributed by atoms with Gasteiger partial charge in [-0.25, -0.2) is 23.3 Å². The highest BCUT2D eigenvalue weighted by molar-refractivity contribution is 7.89. The summed E-state index contributed by atoms with van der Waals surface area (Å²) in [5.74, 6) is 0.102. The van der Waals surface area contributed by atoms with Gasteiger partial charge < -0.3 is 14.4 Å². The number of anilines is 1. The van der Waals surface area contributed by atoms with Gasteiger partial charge in [-0.2, -0.15) is 0 Å². The van der Waals surface area contributed by atoms with E-state index in [1.165, 1.54) is 19.4 Å². The first kappa shape index (κ1) is 14.7. The van der Waals surface area contributed by atoms with E-state index < -0.39 is 22.1 Å². The van der Waals surface area contributed by atoms with Crippen LogP contribution < -0.4 is 10.0 Å². The highest BCUT2D eigenvalue weighted by atomic mass is 32.2. The van der Waals surface area contributed by atoms with Gasteiger partial charge in [-0.3, -0.25) is 0 Å². The molecule has 0 bridgehead atoms. The number of hydrogen-bond donors (Lipinski definition) is 1. The van der Waals surface area contributed by atoms with Crippen molar-refractivity contribution in [1.82, 2.24) is 4.98 Å². The number of pyridine rings is 1. The summed E-state index contributed by atoms with van der Waals surface area (Å²) in [6, 6.07) is 2.92. The number of methoxy groups -OCH3 is 1. The fourth-order valence-electron chi connectivity index (χ4n) is 1.86. The lowest BCUT2D eigenvalue weighted by Crippen LogP contribution is -2.46. The van der Waals surface area contributed by atoms with Crippen LogP contribution in [0.1, 0.15) is 0 Å². The summed E-state index contributed by atoms with van der Waals surface area (Å²) in [6.45, 7) is 1.21. The molecule has 1 unspecified atom stereocenters. The van der Waals surface area contributed by atoms with Gasteiger partial charge >= 0.3 is 5.97 Å². The molecule has 2 heterocycles. The lowest BCUT2D eigenvalue weighted by Gasteiger charge is -2.32. The van der Waals surface area contributed by atoms with Crippen molar-refractivity contribution in [2.24, 2.45) is 5.14 Å². The van der Waals surface area contributed by atoms with Gasteiger partial charge in [-0.15, -0.1) is 0 Å². The summed E-state index contributed by atoms with van der Waals surface area (Å²) in [5, 5.41) is 5.00. The number of sulfonamides is 1. The molecule has 9 heteroatoms. The zero-order valence-corrected chi connectivity index (χ0v) is 11.7. The number of nitrogens with two attached hydrogens (primary N) is 1. The van der Waals surface area contributed by atoms with Crippen LogP contribution in [0.2, 0.25) is 0 Å². The van der Waals surface area contributed by atoms with Gasteiger partial charge in [0.25, 0.3) is 0 Å². The van der Waals surface area contributed by atoms with E-state index in [2.05, 4.69) is 9.72 Å². The van der Waals surface area contributed by atoms with Crippen molar-refractivity contribution in [1.29, 1.82) is 0 Å². The number of aromatic nitrogens is 1. The van der Waals surface area contributed by atoms with Crippen LogP contribution in [0.15, 0.2) is 23.2 Å². The van der Waals surface area contributed by atoms with Crippen LogP contribution in [0.4, 0.5) is 5.82 Å². The number of ether oxygens (including phenoxy) is 2. The quantitative estimate of drug-likeness (QED) is 0.720. The molecular formula is C11H15N3O5S. The second-order valence-corrected chi connectivity index (χ2v) is 5.79. The van der Waals surface area contributed by atoms with E-state index in [-0.39, 0.29) is 4.90 Å². The fourth-order valence-corrected chi connectivity index (χ4v) is 2.32. The third-order valence-corrected chi connectivity index (χ3v) is 3.80. The lowest BCUT2D eigenvalue weighted by molar-refractivity contribution is -0.154. The van der Waals surface area contributed by atoms with Crippen LogP contribution in [0.25, 0.3) is 0 Å². The van der Waals surface area contributed by atoms with E-state index in [9.17, 15) is 13.2 Å². The minimum Gasteiger partial charge on any atom is -0.467 e. The Morgan fingerprint density at radius 3 is 2.85 bits per heavy atom. The Labute approximate surface area is 116 Å². The molecule has 0 amide bonds. The molecule has 2 rings (SSSR count). The molecule has 110 valence electrons. The third-order valence-electron chi connectivity index (χ3n) is 2.90. The first-order chi connectivity index (χ1) is 9.41. The maximum absolute atomic E-state index is 11.4. The van der Waals surface area contributed by atoms with Gasteiger partial charge in [0, 0.05) is 12.7 Å². The molecule has 1 aliphatic rings. The second-order valence-electron chi connectivity index (χ2n) is 4.23. The number of nitrogens with zero attached hydrogens (tertiary/aromatic N) is 2.